The van der Waals surface area contributed by atoms with Crippen LogP contribution in [-0.4, -0.2) is 10.1 Å². The Balaban J connectivity index is 2.30. The van der Waals surface area contributed by atoms with Gasteiger partial charge in [0.25, 0.3) is 0 Å². The van der Waals surface area contributed by atoms with E-state index in [9.17, 15) is 5.11 Å². The summed E-state index contributed by atoms with van der Waals surface area (Å²) in [6.45, 7) is 0.0441. The zero-order chi connectivity index (χ0) is 11.4. The highest BCUT2D eigenvalue weighted by Gasteiger charge is 2.05. The van der Waals surface area contributed by atoms with Crippen LogP contribution < -0.4 is 0 Å². The Morgan fingerprint density at radius 2 is 2.12 bits per heavy atom. The average Bonchev–Trinajstić information content (AvgIpc) is 2.31. The van der Waals surface area contributed by atoms with Crippen LogP contribution in [0.4, 0.5) is 0 Å². The van der Waals surface area contributed by atoms with Crippen molar-refractivity contribution in [3.8, 4) is 0 Å². The van der Waals surface area contributed by atoms with Gasteiger partial charge in [0.15, 0.2) is 0 Å². The van der Waals surface area contributed by atoms with E-state index in [1.54, 1.807) is 18.0 Å². The first-order valence-corrected chi connectivity index (χ1v) is 6.39. The van der Waals surface area contributed by atoms with E-state index in [-0.39, 0.29) is 6.61 Å². The van der Waals surface area contributed by atoms with Gasteiger partial charge in [0, 0.05) is 15.6 Å². The first-order chi connectivity index (χ1) is 7.79. The maximum absolute atomic E-state index is 9.24. The first kappa shape index (κ1) is 11.6. The molecule has 2 nitrogen and oxygen atoms in total. The van der Waals surface area contributed by atoms with Gasteiger partial charge in [-0.05, 0) is 29.8 Å². The maximum atomic E-state index is 9.24. The largest absolute Gasteiger partial charge is 0.392 e. The second kappa shape index (κ2) is 5.48. The van der Waals surface area contributed by atoms with Crippen molar-refractivity contribution in [2.24, 2.45) is 0 Å². The molecule has 16 heavy (non-hydrogen) atoms. The fraction of sp³-hybridized carbons (Fsp3) is 0.0833. The van der Waals surface area contributed by atoms with Crippen molar-refractivity contribution in [1.82, 2.24) is 4.98 Å². The van der Waals surface area contributed by atoms with Crippen molar-refractivity contribution < 1.29 is 5.11 Å². The van der Waals surface area contributed by atoms with Gasteiger partial charge >= 0.3 is 0 Å². The van der Waals surface area contributed by atoms with E-state index >= 15 is 0 Å². The quantitative estimate of drug-likeness (QED) is 0.941. The van der Waals surface area contributed by atoms with E-state index in [0.717, 1.165) is 20.0 Å². The summed E-state index contributed by atoms with van der Waals surface area (Å²) >= 11 is 4.98. The van der Waals surface area contributed by atoms with Gasteiger partial charge in [-0.3, -0.25) is 0 Å². The Morgan fingerprint density at radius 3 is 2.81 bits per heavy atom. The molecule has 0 spiro atoms. The lowest BCUT2D eigenvalue weighted by Gasteiger charge is -2.06. The van der Waals surface area contributed by atoms with E-state index in [1.165, 1.54) is 0 Å². The van der Waals surface area contributed by atoms with Crippen molar-refractivity contribution in [2.45, 2.75) is 16.5 Å². The molecule has 0 aliphatic carbocycles. The number of aromatic nitrogens is 1. The summed E-state index contributed by atoms with van der Waals surface area (Å²) in [5.41, 5.74) is 0.916. The minimum atomic E-state index is 0.0441. The molecule has 0 saturated carbocycles. The highest BCUT2D eigenvalue weighted by Crippen LogP contribution is 2.31. The van der Waals surface area contributed by atoms with Crippen LogP contribution >= 0.6 is 27.7 Å². The highest BCUT2D eigenvalue weighted by atomic mass is 79.9. The number of aliphatic hydroxyl groups excluding tert-OH is 1. The number of pyridine rings is 1. The Bertz CT molecular complexity index is 476. The zero-order valence-corrected chi connectivity index (χ0v) is 10.8. The van der Waals surface area contributed by atoms with Gasteiger partial charge in [0.05, 0.1) is 6.61 Å². The van der Waals surface area contributed by atoms with E-state index in [2.05, 4.69) is 20.9 Å². The third-order valence-electron chi connectivity index (χ3n) is 2.05. The molecule has 0 bridgehead atoms. The lowest BCUT2D eigenvalue weighted by Crippen LogP contribution is -1.88. The smallest absolute Gasteiger partial charge is 0.101 e. The van der Waals surface area contributed by atoms with E-state index < -0.39 is 0 Å². The molecule has 0 atom stereocenters. The number of benzene rings is 1. The molecule has 2 rings (SSSR count). The number of rotatable bonds is 3. The van der Waals surface area contributed by atoms with Crippen molar-refractivity contribution in [3.63, 3.8) is 0 Å². The van der Waals surface area contributed by atoms with Crippen LogP contribution in [0.25, 0.3) is 0 Å². The zero-order valence-electron chi connectivity index (χ0n) is 8.43. The summed E-state index contributed by atoms with van der Waals surface area (Å²) in [6.07, 6.45) is 1.76. The molecule has 82 valence electrons. The number of aliphatic hydroxyl groups is 1. The fourth-order valence-electron chi connectivity index (χ4n) is 1.27. The summed E-state index contributed by atoms with van der Waals surface area (Å²) < 4.78 is 1.00. The third-order valence-corrected chi connectivity index (χ3v) is 3.60. The standard InChI is InChI=1S/C12H10BrNOS/c13-10-5-4-9(8-15)11(7-10)16-12-3-1-2-6-14-12/h1-7,15H,8H2. The number of nitrogens with zero attached hydrogens (tertiary/aromatic N) is 1. The topological polar surface area (TPSA) is 33.1 Å². The van der Waals surface area contributed by atoms with E-state index in [1.807, 2.05) is 36.4 Å². The van der Waals surface area contributed by atoms with Crippen LogP contribution in [0.15, 0.2) is 57.0 Å². The van der Waals surface area contributed by atoms with Crippen LogP contribution in [0.5, 0.6) is 0 Å². The number of hydrogen-bond acceptors (Lipinski definition) is 3. The van der Waals surface area contributed by atoms with Gasteiger partial charge in [-0.25, -0.2) is 4.98 Å². The number of hydrogen-bond donors (Lipinski definition) is 1. The van der Waals surface area contributed by atoms with Crippen LogP contribution in [0, 0.1) is 0 Å². The fourth-order valence-corrected chi connectivity index (χ4v) is 2.72. The summed E-state index contributed by atoms with van der Waals surface area (Å²) in [4.78, 5) is 5.27. The molecule has 0 aliphatic rings. The maximum Gasteiger partial charge on any atom is 0.101 e. The molecule has 0 amide bonds. The molecule has 0 unspecified atom stereocenters. The van der Waals surface area contributed by atoms with Gasteiger partial charge in [-0.2, -0.15) is 0 Å². The van der Waals surface area contributed by atoms with Crippen molar-refractivity contribution in [3.05, 3.63) is 52.6 Å². The summed E-state index contributed by atoms with van der Waals surface area (Å²) in [6, 6.07) is 11.6. The summed E-state index contributed by atoms with van der Waals surface area (Å²) in [5.74, 6) is 0. The van der Waals surface area contributed by atoms with Crippen LogP contribution in [0.2, 0.25) is 0 Å². The molecule has 0 aliphatic heterocycles. The second-order valence-electron chi connectivity index (χ2n) is 3.18. The molecule has 4 heteroatoms. The van der Waals surface area contributed by atoms with Gasteiger partial charge in [0.2, 0.25) is 0 Å². The van der Waals surface area contributed by atoms with Gasteiger partial charge in [-0.15, -0.1) is 0 Å². The Labute approximate surface area is 107 Å². The predicted molar refractivity (Wildman–Crippen MR) is 68.4 cm³/mol. The average molecular weight is 296 g/mol. The Kier molecular flexibility index (Phi) is 3.98. The van der Waals surface area contributed by atoms with E-state index in [0.29, 0.717) is 0 Å². The molecule has 1 aromatic heterocycles. The number of halogens is 1. The first-order valence-electron chi connectivity index (χ1n) is 4.78. The van der Waals surface area contributed by atoms with Gasteiger partial charge in [0.1, 0.15) is 5.03 Å². The molecule has 0 saturated heterocycles. The Morgan fingerprint density at radius 1 is 1.25 bits per heavy atom. The Hall–Kier alpha value is -0.840. The molecule has 1 N–H and O–H groups in total. The monoisotopic (exact) mass is 295 g/mol. The lowest BCUT2D eigenvalue weighted by atomic mass is 10.2. The van der Waals surface area contributed by atoms with Crippen molar-refractivity contribution >= 4 is 27.7 Å². The minimum absolute atomic E-state index is 0.0441. The van der Waals surface area contributed by atoms with Gasteiger partial charge < -0.3 is 5.11 Å². The molecule has 0 fully saturated rings. The summed E-state index contributed by atoms with van der Waals surface area (Å²) in [5, 5.41) is 10.2. The predicted octanol–water partition coefficient (Wildman–Crippen LogP) is 3.49. The van der Waals surface area contributed by atoms with Crippen LogP contribution in [0.3, 0.4) is 0 Å². The van der Waals surface area contributed by atoms with Crippen LogP contribution in [-0.2, 0) is 6.61 Å². The van der Waals surface area contributed by atoms with E-state index in [4.69, 9.17) is 0 Å². The van der Waals surface area contributed by atoms with Crippen molar-refractivity contribution in [1.29, 1.82) is 0 Å². The molecular formula is C12H10BrNOS. The molecule has 1 heterocycles. The highest BCUT2D eigenvalue weighted by molar-refractivity contribution is 9.10. The normalized spacial score (nSPS) is 10.4. The molecule has 2 aromatic rings. The minimum Gasteiger partial charge on any atom is -0.392 e. The third kappa shape index (κ3) is 2.84. The SMILES string of the molecule is OCc1ccc(Br)cc1Sc1ccccn1. The molecule has 0 radical (unpaired) electrons. The molecule has 1 aromatic carbocycles. The van der Waals surface area contributed by atoms with Crippen molar-refractivity contribution in [2.75, 3.05) is 0 Å². The lowest BCUT2D eigenvalue weighted by molar-refractivity contribution is 0.279. The second-order valence-corrected chi connectivity index (χ2v) is 5.16. The van der Waals surface area contributed by atoms with Crippen LogP contribution in [0.1, 0.15) is 5.56 Å². The van der Waals surface area contributed by atoms with Gasteiger partial charge in [-0.1, -0.05) is 39.8 Å². The summed E-state index contributed by atoms with van der Waals surface area (Å²) in [7, 11) is 0. The molecular weight excluding hydrogens is 286 g/mol.